The second-order valence-electron chi connectivity index (χ2n) is 5.91. The lowest BCUT2D eigenvalue weighted by Gasteiger charge is -2.17. The van der Waals surface area contributed by atoms with E-state index < -0.39 is 5.60 Å². The molecule has 0 atom stereocenters. The highest BCUT2D eigenvalue weighted by Gasteiger charge is 2.26. The number of benzene rings is 1. The number of ether oxygens (including phenoxy) is 1. The van der Waals surface area contributed by atoms with Crippen LogP contribution in [0.5, 0.6) is 5.75 Å². The van der Waals surface area contributed by atoms with Gasteiger partial charge in [0, 0.05) is 5.56 Å². The minimum atomic E-state index is -0.868. The number of rotatable bonds is 5. The molecule has 2 aromatic rings. The summed E-state index contributed by atoms with van der Waals surface area (Å²) in [5.41, 5.74) is 1.14. The summed E-state index contributed by atoms with van der Waals surface area (Å²) < 4.78 is 5.55. The van der Waals surface area contributed by atoms with Crippen molar-refractivity contribution in [2.45, 2.75) is 46.1 Å². The molecule has 2 rings (SSSR count). The summed E-state index contributed by atoms with van der Waals surface area (Å²) in [6.07, 6.45) is 0. The summed E-state index contributed by atoms with van der Waals surface area (Å²) in [5, 5.41) is 11.3. The number of hydrogen-bond donors (Lipinski definition) is 1. The largest absolute Gasteiger partial charge is 0.494 e. The van der Waals surface area contributed by atoms with Gasteiger partial charge in [0.25, 0.3) is 0 Å². The van der Waals surface area contributed by atoms with Crippen LogP contribution < -0.4 is 4.74 Å². The molecular formula is C17H23NO2S. The maximum Gasteiger partial charge on any atom is 0.124 e. The van der Waals surface area contributed by atoms with Gasteiger partial charge in [0.05, 0.1) is 22.8 Å². The van der Waals surface area contributed by atoms with Crippen molar-refractivity contribution in [3.05, 3.63) is 34.8 Å². The van der Waals surface area contributed by atoms with E-state index in [1.807, 2.05) is 45.0 Å². The maximum absolute atomic E-state index is 10.4. The molecule has 1 aromatic carbocycles. The van der Waals surface area contributed by atoms with Crippen LogP contribution in [0.3, 0.4) is 0 Å². The third-order valence-electron chi connectivity index (χ3n) is 3.15. The molecule has 0 amide bonds. The maximum atomic E-state index is 10.4. The number of hydrogen-bond acceptors (Lipinski definition) is 4. The number of thiazole rings is 1. The highest BCUT2D eigenvalue weighted by atomic mass is 32.1. The molecule has 0 spiro atoms. The van der Waals surface area contributed by atoms with Gasteiger partial charge < -0.3 is 9.84 Å². The fourth-order valence-electron chi connectivity index (χ4n) is 2.17. The van der Waals surface area contributed by atoms with Gasteiger partial charge in [-0.15, -0.1) is 11.3 Å². The lowest BCUT2D eigenvalue weighted by atomic mass is 10.0. The molecule has 0 saturated heterocycles. The number of nitrogens with zero attached hydrogens (tertiary/aromatic N) is 1. The number of aromatic nitrogens is 1. The molecule has 0 saturated carbocycles. The van der Waals surface area contributed by atoms with Gasteiger partial charge >= 0.3 is 0 Å². The topological polar surface area (TPSA) is 42.4 Å². The van der Waals surface area contributed by atoms with Gasteiger partial charge in [0.2, 0.25) is 0 Å². The van der Waals surface area contributed by atoms with Crippen LogP contribution in [-0.4, -0.2) is 16.7 Å². The van der Waals surface area contributed by atoms with Gasteiger partial charge in [-0.05, 0) is 38.8 Å². The van der Waals surface area contributed by atoms with Crippen molar-refractivity contribution in [1.82, 2.24) is 4.98 Å². The van der Waals surface area contributed by atoms with Crippen LogP contribution in [-0.2, 0) is 5.60 Å². The van der Waals surface area contributed by atoms with Crippen molar-refractivity contribution in [1.29, 1.82) is 0 Å². The first-order valence-electron chi connectivity index (χ1n) is 7.29. The van der Waals surface area contributed by atoms with E-state index in [4.69, 9.17) is 9.72 Å². The molecule has 0 aliphatic heterocycles. The Hall–Kier alpha value is -1.39. The standard InChI is InChI=1S/C17H23NO2S/c1-6-20-13-9-7-8-12(10-13)16-18-14(11(2)3)15(21-16)17(4,5)19/h7-11,19H,6H2,1-5H3. The fraction of sp³-hybridized carbons (Fsp3) is 0.471. The molecule has 0 unspecified atom stereocenters. The molecule has 3 nitrogen and oxygen atoms in total. The minimum Gasteiger partial charge on any atom is -0.494 e. The first-order chi connectivity index (χ1) is 9.82. The van der Waals surface area contributed by atoms with Crippen LogP contribution >= 0.6 is 11.3 Å². The molecule has 0 bridgehead atoms. The summed E-state index contributed by atoms with van der Waals surface area (Å²) in [5.74, 6) is 1.13. The Bertz CT molecular complexity index is 611. The molecule has 21 heavy (non-hydrogen) atoms. The van der Waals surface area contributed by atoms with Crippen LogP contribution in [0.15, 0.2) is 24.3 Å². The van der Waals surface area contributed by atoms with Crippen LogP contribution in [0.2, 0.25) is 0 Å². The predicted molar refractivity (Wildman–Crippen MR) is 88.1 cm³/mol. The highest BCUT2D eigenvalue weighted by Crippen LogP contribution is 2.38. The second-order valence-corrected chi connectivity index (χ2v) is 6.91. The monoisotopic (exact) mass is 305 g/mol. The van der Waals surface area contributed by atoms with Crippen molar-refractivity contribution < 1.29 is 9.84 Å². The zero-order chi connectivity index (χ0) is 15.6. The van der Waals surface area contributed by atoms with Gasteiger partial charge in [-0.1, -0.05) is 26.0 Å². The summed E-state index contributed by atoms with van der Waals surface area (Å²) >= 11 is 1.56. The van der Waals surface area contributed by atoms with E-state index in [1.54, 1.807) is 11.3 Å². The average Bonchev–Trinajstić information content (AvgIpc) is 2.84. The van der Waals surface area contributed by atoms with Gasteiger partial charge in [-0.25, -0.2) is 4.98 Å². The quantitative estimate of drug-likeness (QED) is 0.880. The number of aliphatic hydroxyl groups is 1. The molecule has 0 fully saturated rings. The normalized spacial score (nSPS) is 12.0. The summed E-state index contributed by atoms with van der Waals surface area (Å²) in [6, 6.07) is 7.95. The SMILES string of the molecule is CCOc1cccc(-c2nc(C(C)C)c(C(C)(C)O)s2)c1. The summed E-state index contributed by atoms with van der Waals surface area (Å²) in [7, 11) is 0. The highest BCUT2D eigenvalue weighted by molar-refractivity contribution is 7.15. The molecule has 114 valence electrons. The van der Waals surface area contributed by atoms with Gasteiger partial charge in [-0.3, -0.25) is 0 Å². The molecular weight excluding hydrogens is 282 g/mol. The summed E-state index contributed by atoms with van der Waals surface area (Å²) in [4.78, 5) is 5.69. The van der Waals surface area contributed by atoms with E-state index in [-0.39, 0.29) is 5.92 Å². The van der Waals surface area contributed by atoms with Crippen LogP contribution in [0.4, 0.5) is 0 Å². The first-order valence-corrected chi connectivity index (χ1v) is 8.11. The third-order valence-corrected chi connectivity index (χ3v) is 4.58. The molecule has 4 heteroatoms. The van der Waals surface area contributed by atoms with E-state index in [2.05, 4.69) is 13.8 Å². The average molecular weight is 305 g/mol. The van der Waals surface area contributed by atoms with Crippen molar-refractivity contribution in [3.63, 3.8) is 0 Å². The Labute approximate surface area is 130 Å². The summed E-state index contributed by atoms with van der Waals surface area (Å²) in [6.45, 7) is 10.4. The molecule has 1 heterocycles. The van der Waals surface area contributed by atoms with Crippen molar-refractivity contribution in [3.8, 4) is 16.3 Å². The predicted octanol–water partition coefficient (Wildman–Crippen LogP) is 4.56. The minimum absolute atomic E-state index is 0.284. The van der Waals surface area contributed by atoms with E-state index in [0.717, 1.165) is 26.9 Å². The molecule has 1 aromatic heterocycles. The zero-order valence-electron chi connectivity index (χ0n) is 13.3. The Kier molecular flexibility index (Phi) is 4.69. The lowest BCUT2D eigenvalue weighted by molar-refractivity contribution is 0.0811. The molecule has 1 N–H and O–H groups in total. The van der Waals surface area contributed by atoms with Gasteiger partial charge in [0.15, 0.2) is 0 Å². The van der Waals surface area contributed by atoms with Crippen LogP contribution in [0, 0.1) is 0 Å². The fourth-order valence-corrected chi connectivity index (χ4v) is 3.39. The van der Waals surface area contributed by atoms with E-state index in [1.165, 1.54) is 0 Å². The Balaban J connectivity index is 2.47. The Morgan fingerprint density at radius 3 is 2.57 bits per heavy atom. The van der Waals surface area contributed by atoms with E-state index in [9.17, 15) is 5.11 Å². The second kappa shape index (κ2) is 6.16. The molecule has 0 aliphatic carbocycles. The molecule has 0 aliphatic rings. The lowest BCUT2D eigenvalue weighted by Crippen LogP contribution is -2.16. The molecule has 0 radical (unpaired) electrons. The third kappa shape index (κ3) is 3.63. The smallest absolute Gasteiger partial charge is 0.124 e. The van der Waals surface area contributed by atoms with Gasteiger partial charge in [-0.2, -0.15) is 0 Å². The zero-order valence-corrected chi connectivity index (χ0v) is 14.1. The van der Waals surface area contributed by atoms with Crippen molar-refractivity contribution >= 4 is 11.3 Å². The van der Waals surface area contributed by atoms with Crippen LogP contribution in [0.25, 0.3) is 10.6 Å². The van der Waals surface area contributed by atoms with Crippen molar-refractivity contribution in [2.24, 2.45) is 0 Å². The van der Waals surface area contributed by atoms with E-state index in [0.29, 0.717) is 6.61 Å². The Morgan fingerprint density at radius 2 is 2.05 bits per heavy atom. The first kappa shape index (κ1) is 16.0. The van der Waals surface area contributed by atoms with Crippen LogP contribution in [0.1, 0.15) is 51.1 Å². The Morgan fingerprint density at radius 1 is 1.33 bits per heavy atom. The van der Waals surface area contributed by atoms with E-state index >= 15 is 0 Å². The van der Waals surface area contributed by atoms with Crippen molar-refractivity contribution in [2.75, 3.05) is 6.61 Å². The van der Waals surface area contributed by atoms with Gasteiger partial charge in [0.1, 0.15) is 10.8 Å².